The van der Waals surface area contributed by atoms with E-state index in [1.807, 2.05) is 19.1 Å². The molecule has 7 heteroatoms. The molecule has 0 bridgehead atoms. The van der Waals surface area contributed by atoms with Crippen LogP contribution in [-0.4, -0.2) is 44.4 Å². The van der Waals surface area contributed by atoms with Crippen molar-refractivity contribution in [3.63, 3.8) is 0 Å². The van der Waals surface area contributed by atoms with E-state index in [4.69, 9.17) is 14.4 Å². The van der Waals surface area contributed by atoms with Crippen molar-refractivity contribution in [3.05, 3.63) is 35.4 Å². The molecule has 0 aromatic heterocycles. The van der Waals surface area contributed by atoms with Crippen LogP contribution in [0.3, 0.4) is 0 Å². The third-order valence-electron chi connectivity index (χ3n) is 5.02. The summed E-state index contributed by atoms with van der Waals surface area (Å²) in [5, 5.41) is 8.03. The SMILES string of the molecule is CN=C(/C(C)=N\OCc1ccccc1/C(=N/OC)C(=O)OC)C1(C)CC1C. The van der Waals surface area contributed by atoms with Gasteiger partial charge in [-0.2, -0.15) is 0 Å². The number of esters is 1. The minimum atomic E-state index is -0.583. The summed E-state index contributed by atoms with van der Waals surface area (Å²) in [6.07, 6.45) is 1.10. The van der Waals surface area contributed by atoms with Gasteiger partial charge in [-0.15, -0.1) is 0 Å². The number of methoxy groups -OCH3 is 1. The number of hydrogen-bond acceptors (Lipinski definition) is 7. The van der Waals surface area contributed by atoms with Gasteiger partial charge in [0.05, 0.1) is 18.5 Å². The maximum Gasteiger partial charge on any atom is 0.360 e. The van der Waals surface area contributed by atoms with Gasteiger partial charge in [0.25, 0.3) is 0 Å². The van der Waals surface area contributed by atoms with Crippen LogP contribution in [-0.2, 0) is 25.8 Å². The van der Waals surface area contributed by atoms with Crippen LogP contribution in [0.25, 0.3) is 0 Å². The van der Waals surface area contributed by atoms with Crippen molar-refractivity contribution in [1.29, 1.82) is 0 Å². The number of ether oxygens (including phenoxy) is 1. The number of oxime groups is 2. The fraction of sp³-hybridized carbons (Fsp3) is 0.500. The lowest BCUT2D eigenvalue weighted by molar-refractivity contribution is -0.132. The van der Waals surface area contributed by atoms with Crippen LogP contribution in [0.1, 0.15) is 38.3 Å². The largest absolute Gasteiger partial charge is 0.464 e. The van der Waals surface area contributed by atoms with Gasteiger partial charge in [-0.1, -0.05) is 48.4 Å². The number of benzene rings is 1. The molecule has 1 aliphatic carbocycles. The molecule has 7 nitrogen and oxygen atoms in total. The molecule has 1 aromatic rings. The fourth-order valence-electron chi connectivity index (χ4n) is 3.24. The number of carbonyl (C=O) groups is 1. The van der Waals surface area contributed by atoms with Gasteiger partial charge >= 0.3 is 5.97 Å². The summed E-state index contributed by atoms with van der Waals surface area (Å²) in [5.41, 5.74) is 3.21. The summed E-state index contributed by atoms with van der Waals surface area (Å²) in [6, 6.07) is 7.26. The second kappa shape index (κ2) is 8.79. The molecule has 0 aliphatic heterocycles. The summed E-state index contributed by atoms with van der Waals surface area (Å²) >= 11 is 0. The number of aliphatic imine (C=N–C) groups is 1. The van der Waals surface area contributed by atoms with Gasteiger partial charge in [0.15, 0.2) is 5.71 Å². The average Bonchev–Trinajstić information content (AvgIpc) is 3.27. The average molecular weight is 373 g/mol. The highest BCUT2D eigenvalue weighted by Gasteiger charge is 2.51. The van der Waals surface area contributed by atoms with Gasteiger partial charge in [0, 0.05) is 23.6 Å². The molecule has 27 heavy (non-hydrogen) atoms. The zero-order valence-corrected chi connectivity index (χ0v) is 16.8. The molecule has 2 rings (SSSR count). The van der Waals surface area contributed by atoms with Gasteiger partial charge in [-0.25, -0.2) is 4.79 Å². The first-order valence-electron chi connectivity index (χ1n) is 8.81. The van der Waals surface area contributed by atoms with Crippen molar-refractivity contribution in [1.82, 2.24) is 0 Å². The highest BCUT2D eigenvalue weighted by molar-refractivity contribution is 6.44. The Balaban J connectivity index is 2.17. The minimum absolute atomic E-state index is 0.0762. The summed E-state index contributed by atoms with van der Waals surface area (Å²) in [5.74, 6) is 0.00924. The Morgan fingerprint density at radius 1 is 1.26 bits per heavy atom. The third-order valence-corrected chi connectivity index (χ3v) is 5.02. The molecule has 0 saturated heterocycles. The second-order valence-corrected chi connectivity index (χ2v) is 6.82. The Bertz CT molecular complexity index is 785. The molecule has 2 atom stereocenters. The quantitative estimate of drug-likeness (QED) is 0.398. The Morgan fingerprint density at radius 3 is 2.48 bits per heavy atom. The molecule has 0 N–H and O–H groups in total. The first-order valence-corrected chi connectivity index (χ1v) is 8.81. The Kier molecular flexibility index (Phi) is 6.71. The number of nitrogens with zero attached hydrogens (tertiary/aromatic N) is 3. The predicted octanol–water partition coefficient (Wildman–Crippen LogP) is 3.22. The lowest BCUT2D eigenvalue weighted by atomic mass is 9.96. The lowest BCUT2D eigenvalue weighted by Gasteiger charge is -2.14. The van der Waals surface area contributed by atoms with E-state index >= 15 is 0 Å². The second-order valence-electron chi connectivity index (χ2n) is 6.82. The Labute approximate surface area is 160 Å². The fourth-order valence-corrected chi connectivity index (χ4v) is 3.24. The summed E-state index contributed by atoms with van der Waals surface area (Å²) in [4.78, 5) is 26.8. The van der Waals surface area contributed by atoms with E-state index in [-0.39, 0.29) is 17.7 Å². The molecule has 146 valence electrons. The van der Waals surface area contributed by atoms with Crippen LogP contribution < -0.4 is 0 Å². The van der Waals surface area contributed by atoms with Gasteiger partial charge in [-0.05, 0) is 19.3 Å². The van der Waals surface area contributed by atoms with Crippen molar-refractivity contribution < 1.29 is 19.2 Å². The zero-order chi connectivity index (χ0) is 20.0. The molecule has 0 heterocycles. The molecular formula is C20H27N3O4. The minimum Gasteiger partial charge on any atom is -0.464 e. The molecule has 1 aromatic carbocycles. The van der Waals surface area contributed by atoms with Crippen molar-refractivity contribution in [3.8, 4) is 0 Å². The van der Waals surface area contributed by atoms with Crippen LogP contribution in [0.15, 0.2) is 39.6 Å². The number of carbonyl (C=O) groups excluding carboxylic acids is 1. The van der Waals surface area contributed by atoms with Crippen LogP contribution >= 0.6 is 0 Å². The van der Waals surface area contributed by atoms with Crippen molar-refractivity contribution >= 4 is 23.1 Å². The molecular weight excluding hydrogens is 346 g/mol. The van der Waals surface area contributed by atoms with Crippen molar-refractivity contribution in [2.75, 3.05) is 21.3 Å². The zero-order valence-electron chi connectivity index (χ0n) is 16.8. The number of rotatable bonds is 8. The van der Waals surface area contributed by atoms with Crippen molar-refractivity contribution in [2.24, 2.45) is 26.6 Å². The monoisotopic (exact) mass is 373 g/mol. The van der Waals surface area contributed by atoms with Gasteiger partial charge < -0.3 is 14.4 Å². The van der Waals surface area contributed by atoms with E-state index < -0.39 is 5.97 Å². The van der Waals surface area contributed by atoms with Gasteiger partial charge in [0.2, 0.25) is 0 Å². The smallest absolute Gasteiger partial charge is 0.360 e. The Hall–Kier alpha value is -2.70. The van der Waals surface area contributed by atoms with Gasteiger partial charge in [0.1, 0.15) is 13.7 Å². The van der Waals surface area contributed by atoms with Crippen LogP contribution in [0, 0.1) is 11.3 Å². The van der Waals surface area contributed by atoms with Crippen molar-refractivity contribution in [2.45, 2.75) is 33.8 Å². The van der Waals surface area contributed by atoms with E-state index in [1.54, 1.807) is 19.2 Å². The number of hydrogen-bond donors (Lipinski definition) is 0. The molecule has 0 radical (unpaired) electrons. The topological polar surface area (TPSA) is 81.8 Å². The van der Waals surface area contributed by atoms with Crippen LogP contribution in [0.5, 0.6) is 0 Å². The highest BCUT2D eigenvalue weighted by atomic mass is 16.6. The molecule has 0 spiro atoms. The maximum atomic E-state index is 12.0. The lowest BCUT2D eigenvalue weighted by Crippen LogP contribution is -2.23. The Morgan fingerprint density at radius 2 is 1.93 bits per heavy atom. The molecule has 0 amide bonds. The van der Waals surface area contributed by atoms with E-state index in [1.165, 1.54) is 14.2 Å². The summed E-state index contributed by atoms with van der Waals surface area (Å²) < 4.78 is 4.78. The highest BCUT2D eigenvalue weighted by Crippen LogP contribution is 2.53. The summed E-state index contributed by atoms with van der Waals surface area (Å²) in [6.45, 7) is 6.48. The van der Waals surface area contributed by atoms with E-state index in [9.17, 15) is 4.79 Å². The molecule has 1 aliphatic rings. The first kappa shape index (κ1) is 20.6. The normalized spacial score (nSPS) is 23.0. The summed E-state index contributed by atoms with van der Waals surface area (Å²) in [7, 11) is 4.45. The molecule has 1 saturated carbocycles. The van der Waals surface area contributed by atoms with Crippen LogP contribution in [0.2, 0.25) is 0 Å². The van der Waals surface area contributed by atoms with E-state index in [0.717, 1.165) is 23.4 Å². The van der Waals surface area contributed by atoms with E-state index in [2.05, 4.69) is 29.2 Å². The van der Waals surface area contributed by atoms with E-state index in [0.29, 0.717) is 11.5 Å². The van der Waals surface area contributed by atoms with Crippen LogP contribution in [0.4, 0.5) is 0 Å². The molecule has 2 unspecified atom stereocenters. The van der Waals surface area contributed by atoms with Gasteiger partial charge in [-0.3, -0.25) is 4.99 Å². The first-order chi connectivity index (χ1) is 12.9. The predicted molar refractivity (Wildman–Crippen MR) is 105 cm³/mol. The standard InChI is InChI=1S/C20H27N3O4/c1-13-11-20(13,3)18(21-4)14(2)22-27-12-15-9-7-8-10-16(15)17(23-26-6)19(24)25-5/h7-10,13H,11-12H2,1-6H3/b21-18?,22-14-,23-17-. The third kappa shape index (κ3) is 4.53. The maximum absolute atomic E-state index is 12.0. The molecule has 1 fully saturated rings.